The Kier molecular flexibility index (Phi) is 7.11. The average molecular weight is 472 g/mol. The van der Waals surface area contributed by atoms with E-state index in [1.165, 1.54) is 10.8 Å². The normalized spacial score (nSPS) is 10.6. The first-order chi connectivity index (χ1) is 17.0. The molecule has 0 saturated heterocycles. The largest absolute Gasteiger partial charge is 0.497 e. The number of pyridine rings is 1. The Morgan fingerprint density at radius 3 is 2.29 bits per heavy atom. The standard InChI is InChI=1S/C27H25N3O5/c1-34-20-9-5-7-18(15-20)29-25(31)13-14-28-26(32)24-17-30(19-8-6-10-21(16-19)35-2)27(33)23-12-4-3-11-22(23)24/h3-12,15-17H,13-14H2,1-2H3,(H,28,32)(H,29,31). The minimum Gasteiger partial charge on any atom is -0.497 e. The Labute approximate surface area is 202 Å². The van der Waals surface area contributed by atoms with Crippen molar-refractivity contribution in [1.29, 1.82) is 0 Å². The van der Waals surface area contributed by atoms with Gasteiger partial charge in [-0.25, -0.2) is 0 Å². The van der Waals surface area contributed by atoms with Gasteiger partial charge in [-0.3, -0.25) is 19.0 Å². The van der Waals surface area contributed by atoms with Crippen LogP contribution >= 0.6 is 0 Å². The Bertz CT molecular complexity index is 1440. The first-order valence-electron chi connectivity index (χ1n) is 11.0. The molecule has 0 aliphatic rings. The molecule has 0 radical (unpaired) electrons. The van der Waals surface area contributed by atoms with Crippen molar-refractivity contribution in [2.24, 2.45) is 0 Å². The number of rotatable bonds is 8. The van der Waals surface area contributed by atoms with Crippen molar-refractivity contribution in [3.05, 3.63) is 94.9 Å². The molecule has 8 heteroatoms. The summed E-state index contributed by atoms with van der Waals surface area (Å²) in [6, 6.07) is 21.0. The fourth-order valence-electron chi connectivity index (χ4n) is 3.73. The van der Waals surface area contributed by atoms with Crippen LogP contribution in [0.4, 0.5) is 5.69 Å². The molecule has 2 amide bonds. The molecule has 0 fully saturated rings. The number of ether oxygens (including phenoxy) is 2. The second kappa shape index (κ2) is 10.6. The second-order valence-electron chi connectivity index (χ2n) is 7.75. The number of carbonyl (C=O) groups is 2. The first kappa shape index (κ1) is 23.6. The van der Waals surface area contributed by atoms with Crippen LogP contribution < -0.4 is 25.7 Å². The molecule has 0 saturated carbocycles. The molecule has 35 heavy (non-hydrogen) atoms. The van der Waals surface area contributed by atoms with Crippen LogP contribution in [-0.4, -0.2) is 37.1 Å². The molecular formula is C27H25N3O5. The van der Waals surface area contributed by atoms with E-state index in [0.717, 1.165) is 0 Å². The van der Waals surface area contributed by atoms with Gasteiger partial charge in [-0.1, -0.05) is 30.3 Å². The molecule has 0 spiro atoms. The number of methoxy groups -OCH3 is 2. The first-order valence-corrected chi connectivity index (χ1v) is 11.0. The molecule has 4 rings (SSSR count). The molecule has 0 atom stereocenters. The number of carbonyl (C=O) groups excluding carboxylic acids is 2. The van der Waals surface area contributed by atoms with Crippen molar-refractivity contribution in [2.75, 3.05) is 26.1 Å². The van der Waals surface area contributed by atoms with Crippen LogP contribution in [0.15, 0.2) is 83.8 Å². The van der Waals surface area contributed by atoms with Crippen molar-refractivity contribution in [3.8, 4) is 17.2 Å². The van der Waals surface area contributed by atoms with E-state index >= 15 is 0 Å². The fraction of sp³-hybridized carbons (Fsp3) is 0.148. The number of nitrogens with zero attached hydrogens (tertiary/aromatic N) is 1. The number of amides is 2. The van der Waals surface area contributed by atoms with Gasteiger partial charge in [-0.15, -0.1) is 0 Å². The van der Waals surface area contributed by atoms with Crippen molar-refractivity contribution in [3.63, 3.8) is 0 Å². The number of fused-ring (bicyclic) bond motifs is 1. The van der Waals surface area contributed by atoms with Crippen molar-refractivity contribution < 1.29 is 19.1 Å². The van der Waals surface area contributed by atoms with Crippen LogP contribution in [0.25, 0.3) is 16.5 Å². The molecule has 1 aromatic heterocycles. The molecule has 0 bridgehead atoms. The maximum atomic E-state index is 13.2. The minimum absolute atomic E-state index is 0.0798. The third-order valence-corrected chi connectivity index (χ3v) is 5.49. The maximum absolute atomic E-state index is 13.2. The van der Waals surface area contributed by atoms with Crippen molar-refractivity contribution >= 4 is 28.3 Å². The summed E-state index contributed by atoms with van der Waals surface area (Å²) in [6.07, 6.45) is 1.60. The molecule has 0 unspecified atom stereocenters. The zero-order valence-corrected chi connectivity index (χ0v) is 19.4. The predicted octanol–water partition coefficient (Wildman–Crippen LogP) is 3.77. The van der Waals surface area contributed by atoms with Gasteiger partial charge in [-0.05, 0) is 30.3 Å². The molecule has 8 nitrogen and oxygen atoms in total. The van der Waals surface area contributed by atoms with Gasteiger partial charge in [0.15, 0.2) is 0 Å². The van der Waals surface area contributed by atoms with E-state index in [9.17, 15) is 14.4 Å². The lowest BCUT2D eigenvalue weighted by Crippen LogP contribution is -2.29. The third kappa shape index (κ3) is 5.33. The maximum Gasteiger partial charge on any atom is 0.262 e. The third-order valence-electron chi connectivity index (χ3n) is 5.49. The lowest BCUT2D eigenvalue weighted by Gasteiger charge is -2.13. The van der Waals surface area contributed by atoms with E-state index in [2.05, 4.69) is 10.6 Å². The highest BCUT2D eigenvalue weighted by Crippen LogP contribution is 2.20. The summed E-state index contributed by atoms with van der Waals surface area (Å²) in [6.45, 7) is 0.126. The van der Waals surface area contributed by atoms with Gasteiger partial charge in [-0.2, -0.15) is 0 Å². The van der Waals surface area contributed by atoms with Gasteiger partial charge in [0.2, 0.25) is 5.91 Å². The van der Waals surface area contributed by atoms with Crippen molar-refractivity contribution in [2.45, 2.75) is 6.42 Å². The van der Waals surface area contributed by atoms with Crippen LogP contribution in [-0.2, 0) is 4.79 Å². The molecule has 3 aromatic carbocycles. The lowest BCUT2D eigenvalue weighted by molar-refractivity contribution is -0.116. The molecule has 1 heterocycles. The monoisotopic (exact) mass is 471 g/mol. The summed E-state index contributed by atoms with van der Waals surface area (Å²) in [4.78, 5) is 38.6. The van der Waals surface area contributed by atoms with Crippen LogP contribution in [0.3, 0.4) is 0 Å². The van der Waals surface area contributed by atoms with Crippen LogP contribution in [0.5, 0.6) is 11.5 Å². The smallest absolute Gasteiger partial charge is 0.262 e. The summed E-state index contributed by atoms with van der Waals surface area (Å²) in [5.41, 5.74) is 1.27. The van der Waals surface area contributed by atoms with E-state index in [1.54, 1.807) is 87.0 Å². The number of benzene rings is 3. The average Bonchev–Trinajstić information content (AvgIpc) is 2.89. The highest BCUT2D eigenvalue weighted by atomic mass is 16.5. The van der Waals surface area contributed by atoms with Gasteiger partial charge in [0.25, 0.3) is 11.5 Å². The summed E-state index contributed by atoms with van der Waals surface area (Å²) >= 11 is 0. The van der Waals surface area contributed by atoms with E-state index in [-0.39, 0.29) is 30.3 Å². The Morgan fingerprint density at radius 2 is 1.54 bits per heavy atom. The highest BCUT2D eigenvalue weighted by molar-refractivity contribution is 6.06. The molecule has 4 aromatic rings. The molecule has 2 N–H and O–H groups in total. The highest BCUT2D eigenvalue weighted by Gasteiger charge is 2.16. The van der Waals surface area contributed by atoms with Gasteiger partial charge < -0.3 is 20.1 Å². The Balaban J connectivity index is 1.53. The second-order valence-corrected chi connectivity index (χ2v) is 7.75. The zero-order valence-electron chi connectivity index (χ0n) is 19.4. The lowest BCUT2D eigenvalue weighted by atomic mass is 10.1. The molecule has 0 aliphatic carbocycles. The van der Waals surface area contributed by atoms with Gasteiger partial charge >= 0.3 is 0 Å². The van der Waals surface area contributed by atoms with E-state index in [1.807, 2.05) is 0 Å². The predicted molar refractivity (Wildman–Crippen MR) is 135 cm³/mol. The van der Waals surface area contributed by atoms with Gasteiger partial charge in [0.05, 0.1) is 25.5 Å². The van der Waals surface area contributed by atoms with E-state index < -0.39 is 0 Å². The zero-order chi connectivity index (χ0) is 24.8. The SMILES string of the molecule is COc1cccc(NC(=O)CCNC(=O)c2cn(-c3cccc(OC)c3)c(=O)c3ccccc23)c1. The van der Waals surface area contributed by atoms with Crippen LogP contribution in [0.2, 0.25) is 0 Å². The number of hydrogen-bond donors (Lipinski definition) is 2. The van der Waals surface area contributed by atoms with Crippen LogP contribution in [0.1, 0.15) is 16.8 Å². The molecule has 0 aliphatic heterocycles. The van der Waals surface area contributed by atoms with E-state index in [0.29, 0.717) is 39.2 Å². The van der Waals surface area contributed by atoms with Crippen molar-refractivity contribution in [1.82, 2.24) is 9.88 Å². The Morgan fingerprint density at radius 1 is 0.857 bits per heavy atom. The number of anilines is 1. The van der Waals surface area contributed by atoms with Crippen LogP contribution in [0, 0.1) is 0 Å². The number of hydrogen-bond acceptors (Lipinski definition) is 5. The fourth-order valence-corrected chi connectivity index (χ4v) is 3.73. The topological polar surface area (TPSA) is 98.7 Å². The minimum atomic E-state index is -0.382. The number of aromatic nitrogens is 1. The quantitative estimate of drug-likeness (QED) is 0.408. The summed E-state index contributed by atoms with van der Waals surface area (Å²) in [7, 11) is 3.10. The number of nitrogens with one attached hydrogen (secondary N) is 2. The molecular weight excluding hydrogens is 446 g/mol. The van der Waals surface area contributed by atoms with Gasteiger partial charge in [0.1, 0.15) is 11.5 Å². The van der Waals surface area contributed by atoms with Gasteiger partial charge in [0, 0.05) is 47.8 Å². The van der Waals surface area contributed by atoms with E-state index in [4.69, 9.17) is 9.47 Å². The summed E-state index contributed by atoms with van der Waals surface area (Å²) in [5, 5.41) is 6.52. The molecule has 178 valence electrons. The summed E-state index contributed by atoms with van der Waals surface area (Å²) in [5.74, 6) is 0.599. The Hall–Kier alpha value is -4.59. The summed E-state index contributed by atoms with van der Waals surface area (Å²) < 4.78 is 11.9.